The summed E-state index contributed by atoms with van der Waals surface area (Å²) in [6, 6.07) is -0.750. The Hall–Kier alpha value is -1.96. The average molecular weight is 1060 g/mol. The molecule has 0 aliphatic rings. The Labute approximate surface area is 466 Å². The Balaban J connectivity index is 3.44. The van der Waals surface area contributed by atoms with Crippen LogP contribution in [-0.4, -0.2) is 58.7 Å². The van der Waals surface area contributed by atoms with E-state index in [1.807, 2.05) is 0 Å². The number of hydrogen-bond acceptors (Lipinski definition) is 6. The van der Waals surface area contributed by atoms with Crippen LogP contribution in [0.5, 0.6) is 0 Å². The first-order chi connectivity index (χ1) is 36.9. The number of esters is 1. The lowest BCUT2D eigenvalue weighted by atomic mass is 10.0. The molecule has 0 rings (SSSR count). The van der Waals surface area contributed by atoms with Crippen molar-refractivity contribution in [3.8, 4) is 0 Å². The van der Waals surface area contributed by atoms with Gasteiger partial charge in [0.15, 0.2) is 0 Å². The van der Waals surface area contributed by atoms with Gasteiger partial charge in [0.2, 0.25) is 5.91 Å². The molecule has 0 fully saturated rings. The van der Waals surface area contributed by atoms with Gasteiger partial charge in [-0.15, -0.1) is 0 Å². The Morgan fingerprint density at radius 2 is 0.733 bits per heavy atom. The van der Waals surface area contributed by atoms with E-state index in [4.69, 9.17) is 4.74 Å². The number of aliphatic hydroxyl groups excluding tert-OH is 3. The van der Waals surface area contributed by atoms with Gasteiger partial charge in [0.25, 0.3) is 0 Å². The summed E-state index contributed by atoms with van der Waals surface area (Å²) in [7, 11) is 0. The summed E-state index contributed by atoms with van der Waals surface area (Å²) in [5.74, 6) is -0.129. The number of carbonyl (C=O) groups excluding carboxylic acids is 2. The summed E-state index contributed by atoms with van der Waals surface area (Å²) >= 11 is 0. The predicted octanol–water partition coefficient (Wildman–Crippen LogP) is 20.1. The molecule has 0 aromatic heterocycles. The van der Waals surface area contributed by atoms with Gasteiger partial charge in [-0.3, -0.25) is 9.59 Å². The molecule has 0 heterocycles. The number of ether oxygens (including phenoxy) is 1. The monoisotopic (exact) mass is 1060 g/mol. The molecule has 0 saturated carbocycles. The molecule has 0 spiro atoms. The van der Waals surface area contributed by atoms with Gasteiger partial charge in [-0.1, -0.05) is 320 Å². The molecule has 7 heteroatoms. The second-order valence-electron chi connectivity index (χ2n) is 23.0. The van der Waals surface area contributed by atoms with Crippen molar-refractivity contribution in [2.45, 2.75) is 372 Å². The fraction of sp³-hybridized carbons (Fsp3) is 0.882. The molecule has 0 unspecified atom stereocenters. The van der Waals surface area contributed by atoms with Crippen molar-refractivity contribution in [2.24, 2.45) is 0 Å². The SMILES string of the molecule is CCCCC/C=C\C/C=C\CCCCCCCC(=O)OCCCCCCCCCCCCCCCCCCCCCCCCCCCC(=O)N[C@@H](CO)[C@H](O)/C=C/[C@H](O)CCCCCCCCCCCCCCCC. The molecular formula is C68H129NO6. The van der Waals surface area contributed by atoms with Crippen molar-refractivity contribution in [3.63, 3.8) is 0 Å². The topological polar surface area (TPSA) is 116 Å². The van der Waals surface area contributed by atoms with E-state index in [1.54, 1.807) is 6.08 Å². The highest BCUT2D eigenvalue weighted by molar-refractivity contribution is 5.76. The van der Waals surface area contributed by atoms with Crippen LogP contribution in [0.3, 0.4) is 0 Å². The van der Waals surface area contributed by atoms with E-state index >= 15 is 0 Å². The predicted molar refractivity (Wildman–Crippen MR) is 325 cm³/mol. The lowest BCUT2D eigenvalue weighted by Gasteiger charge is -2.20. The molecule has 0 aromatic rings. The highest BCUT2D eigenvalue weighted by Crippen LogP contribution is 2.18. The second-order valence-corrected chi connectivity index (χ2v) is 23.0. The van der Waals surface area contributed by atoms with E-state index in [9.17, 15) is 24.9 Å². The van der Waals surface area contributed by atoms with Gasteiger partial charge in [-0.05, 0) is 57.8 Å². The molecule has 7 nitrogen and oxygen atoms in total. The fourth-order valence-electron chi connectivity index (χ4n) is 10.3. The summed E-state index contributed by atoms with van der Waals surface area (Å²) < 4.78 is 5.48. The van der Waals surface area contributed by atoms with E-state index in [2.05, 4.69) is 43.5 Å². The fourth-order valence-corrected chi connectivity index (χ4v) is 10.3. The molecule has 3 atom stereocenters. The number of allylic oxidation sites excluding steroid dienone is 4. The largest absolute Gasteiger partial charge is 0.466 e. The Morgan fingerprint density at radius 1 is 0.400 bits per heavy atom. The maximum Gasteiger partial charge on any atom is 0.305 e. The molecule has 0 aromatic carbocycles. The first-order valence-electron chi connectivity index (χ1n) is 33.3. The third-order valence-electron chi connectivity index (χ3n) is 15.5. The average Bonchev–Trinajstić information content (AvgIpc) is 3.41. The van der Waals surface area contributed by atoms with Crippen LogP contribution < -0.4 is 5.32 Å². The maximum atomic E-state index is 12.5. The first kappa shape index (κ1) is 73.0. The molecule has 0 bridgehead atoms. The standard InChI is InChI=1S/C68H129NO6/c1-3-5-7-9-11-13-15-17-30-35-39-43-47-51-55-59-68(74)75-62-56-52-48-44-40-36-32-29-27-25-23-21-19-20-22-24-26-28-31-34-38-42-46-50-54-58-67(73)69-65(63-70)66(72)61-60-64(71)57-53-49-45-41-37-33-18-16-14-12-10-8-6-4-2/h11,13,17,30,60-61,64-66,70-72H,3-10,12,14-16,18-29,31-59,62-63H2,1-2H3,(H,69,73)/b13-11-,30-17-,61-60+/t64-,65+,66-/m1/s1. The second kappa shape index (κ2) is 62.9. The van der Waals surface area contributed by atoms with Crippen LogP contribution in [0, 0.1) is 0 Å². The Morgan fingerprint density at radius 3 is 1.15 bits per heavy atom. The number of carbonyl (C=O) groups is 2. The van der Waals surface area contributed by atoms with Crippen molar-refractivity contribution < 1.29 is 29.6 Å². The number of rotatable bonds is 62. The zero-order chi connectivity index (χ0) is 54.4. The van der Waals surface area contributed by atoms with Crippen LogP contribution in [0.4, 0.5) is 0 Å². The van der Waals surface area contributed by atoms with Gasteiger partial charge < -0.3 is 25.4 Å². The molecule has 0 radical (unpaired) electrons. The van der Waals surface area contributed by atoms with E-state index in [-0.39, 0.29) is 18.5 Å². The number of nitrogens with one attached hydrogen (secondary N) is 1. The summed E-state index contributed by atoms with van der Waals surface area (Å²) in [5, 5.41) is 33.5. The molecule has 1 amide bonds. The molecule has 442 valence electrons. The molecular weight excluding hydrogens is 927 g/mol. The van der Waals surface area contributed by atoms with Crippen LogP contribution in [0.1, 0.15) is 354 Å². The van der Waals surface area contributed by atoms with Crippen molar-refractivity contribution in [3.05, 3.63) is 36.5 Å². The van der Waals surface area contributed by atoms with Crippen LogP contribution in [0.15, 0.2) is 36.5 Å². The highest BCUT2D eigenvalue weighted by Gasteiger charge is 2.18. The summed E-state index contributed by atoms with van der Waals surface area (Å²) in [6.45, 7) is 4.79. The molecule has 0 aliphatic heterocycles. The molecule has 4 N–H and O–H groups in total. The zero-order valence-electron chi connectivity index (χ0n) is 50.2. The Kier molecular flexibility index (Phi) is 61.2. The normalized spacial score (nSPS) is 13.2. The quantitative estimate of drug-likeness (QED) is 0.0274. The van der Waals surface area contributed by atoms with Gasteiger partial charge in [0, 0.05) is 12.8 Å². The van der Waals surface area contributed by atoms with Crippen LogP contribution >= 0.6 is 0 Å². The number of hydrogen-bond donors (Lipinski definition) is 4. The summed E-state index contributed by atoms with van der Waals surface area (Å²) in [5.41, 5.74) is 0. The van der Waals surface area contributed by atoms with Gasteiger partial charge in [0.05, 0.1) is 31.5 Å². The lowest BCUT2D eigenvalue weighted by Crippen LogP contribution is -2.45. The van der Waals surface area contributed by atoms with Crippen molar-refractivity contribution in [1.82, 2.24) is 5.32 Å². The molecule has 0 aliphatic carbocycles. The van der Waals surface area contributed by atoms with E-state index in [1.165, 1.54) is 269 Å². The third-order valence-corrected chi connectivity index (χ3v) is 15.5. The highest BCUT2D eigenvalue weighted by atomic mass is 16.5. The van der Waals surface area contributed by atoms with Crippen LogP contribution in [-0.2, 0) is 14.3 Å². The third kappa shape index (κ3) is 59.5. The van der Waals surface area contributed by atoms with E-state index in [0.717, 1.165) is 57.8 Å². The minimum atomic E-state index is -1.02. The van der Waals surface area contributed by atoms with Crippen molar-refractivity contribution >= 4 is 11.9 Å². The van der Waals surface area contributed by atoms with Gasteiger partial charge in [-0.2, -0.15) is 0 Å². The number of aliphatic hydroxyl groups is 3. The Bertz CT molecular complexity index is 1230. The maximum absolute atomic E-state index is 12.5. The molecule has 0 saturated heterocycles. The van der Waals surface area contributed by atoms with Gasteiger partial charge in [0.1, 0.15) is 0 Å². The zero-order valence-corrected chi connectivity index (χ0v) is 50.2. The van der Waals surface area contributed by atoms with Gasteiger partial charge in [-0.25, -0.2) is 0 Å². The van der Waals surface area contributed by atoms with Crippen LogP contribution in [0.25, 0.3) is 0 Å². The van der Waals surface area contributed by atoms with E-state index in [0.29, 0.717) is 25.9 Å². The molecule has 75 heavy (non-hydrogen) atoms. The van der Waals surface area contributed by atoms with Crippen molar-refractivity contribution in [1.29, 1.82) is 0 Å². The minimum absolute atomic E-state index is 0.000883. The van der Waals surface area contributed by atoms with Crippen LogP contribution in [0.2, 0.25) is 0 Å². The smallest absolute Gasteiger partial charge is 0.305 e. The lowest BCUT2D eigenvalue weighted by molar-refractivity contribution is -0.143. The minimum Gasteiger partial charge on any atom is -0.466 e. The van der Waals surface area contributed by atoms with Crippen molar-refractivity contribution in [2.75, 3.05) is 13.2 Å². The summed E-state index contributed by atoms with van der Waals surface area (Å²) in [6.07, 6.45) is 76.4. The summed E-state index contributed by atoms with van der Waals surface area (Å²) in [4.78, 5) is 24.6. The number of amides is 1. The van der Waals surface area contributed by atoms with Gasteiger partial charge >= 0.3 is 5.97 Å². The first-order valence-corrected chi connectivity index (χ1v) is 33.3. The van der Waals surface area contributed by atoms with E-state index < -0.39 is 18.2 Å². The number of unbranched alkanes of at least 4 members (excludes halogenated alkanes) is 45.